The Morgan fingerprint density at radius 1 is 1.31 bits per heavy atom. The molecule has 0 unspecified atom stereocenters. The van der Waals surface area contributed by atoms with Crippen molar-refractivity contribution in [3.8, 4) is 0 Å². The van der Waals surface area contributed by atoms with Crippen molar-refractivity contribution < 1.29 is 0 Å². The highest BCUT2D eigenvalue weighted by Crippen LogP contribution is 2.35. The van der Waals surface area contributed by atoms with Gasteiger partial charge in [0.2, 0.25) is 0 Å². The van der Waals surface area contributed by atoms with Crippen LogP contribution in [-0.4, -0.2) is 17.6 Å². The van der Waals surface area contributed by atoms with Crippen LogP contribution in [-0.2, 0) is 0 Å². The summed E-state index contributed by atoms with van der Waals surface area (Å²) in [6.07, 6.45) is 8.23. The maximum atomic E-state index is 4.32. The first-order chi connectivity index (χ1) is 7.84. The molecule has 2 heterocycles. The number of hydrogen-bond acceptors (Lipinski definition) is 2. The van der Waals surface area contributed by atoms with Crippen LogP contribution in [0.2, 0.25) is 0 Å². The molecule has 0 spiro atoms. The van der Waals surface area contributed by atoms with Gasteiger partial charge in [0.25, 0.3) is 0 Å². The Labute approximate surface area is 104 Å². The van der Waals surface area contributed by atoms with Gasteiger partial charge in [-0.15, -0.1) is 0 Å². The summed E-state index contributed by atoms with van der Waals surface area (Å²) in [6, 6.07) is 4.75. The lowest BCUT2D eigenvalue weighted by atomic mass is 9.82. The van der Waals surface area contributed by atoms with Crippen molar-refractivity contribution in [2.75, 3.05) is 6.54 Å². The summed E-state index contributed by atoms with van der Waals surface area (Å²) in [6.45, 7) is 1.16. The molecule has 1 aliphatic heterocycles. The highest BCUT2D eigenvalue weighted by molar-refractivity contribution is 9.10. The van der Waals surface area contributed by atoms with Gasteiger partial charge < -0.3 is 5.32 Å². The second-order valence-corrected chi connectivity index (χ2v) is 5.40. The smallest absolute Gasteiger partial charge is 0.106 e. The highest BCUT2D eigenvalue weighted by Gasteiger charge is 2.32. The molecule has 2 atom stereocenters. The van der Waals surface area contributed by atoms with Crippen LogP contribution in [0.4, 0.5) is 0 Å². The largest absolute Gasteiger partial charge is 0.310 e. The molecule has 2 aliphatic rings. The molecule has 0 saturated carbocycles. The molecule has 84 valence electrons. The van der Waals surface area contributed by atoms with Crippen LogP contribution >= 0.6 is 15.9 Å². The van der Waals surface area contributed by atoms with E-state index in [1.165, 1.54) is 30.4 Å². The fourth-order valence-corrected chi connectivity index (χ4v) is 3.09. The third kappa shape index (κ3) is 1.82. The van der Waals surface area contributed by atoms with Gasteiger partial charge >= 0.3 is 0 Å². The molecule has 2 nitrogen and oxygen atoms in total. The second-order valence-electron chi connectivity index (χ2n) is 4.59. The van der Waals surface area contributed by atoms with E-state index in [0.717, 1.165) is 17.1 Å². The van der Waals surface area contributed by atoms with Crippen molar-refractivity contribution in [2.45, 2.75) is 25.3 Å². The zero-order valence-electron chi connectivity index (χ0n) is 9.12. The molecule has 16 heavy (non-hydrogen) atoms. The second kappa shape index (κ2) is 4.30. The number of rotatable bonds is 1. The van der Waals surface area contributed by atoms with E-state index >= 15 is 0 Å². The zero-order valence-corrected chi connectivity index (χ0v) is 10.7. The molecule has 0 radical (unpaired) electrons. The van der Waals surface area contributed by atoms with Gasteiger partial charge in [-0.1, -0.05) is 12.1 Å². The summed E-state index contributed by atoms with van der Waals surface area (Å²) < 4.78 is 0.906. The number of pyridine rings is 1. The summed E-state index contributed by atoms with van der Waals surface area (Å²) in [5.74, 6) is 0.837. The molecule has 1 fully saturated rings. The van der Waals surface area contributed by atoms with Crippen LogP contribution in [0.5, 0.6) is 0 Å². The SMILES string of the molecule is Brc1ccc(C2=CCC[C@H]3CCN[C@@H]23)cn1. The van der Waals surface area contributed by atoms with Gasteiger partial charge in [0, 0.05) is 12.2 Å². The van der Waals surface area contributed by atoms with E-state index in [1.807, 2.05) is 12.3 Å². The van der Waals surface area contributed by atoms with Gasteiger partial charge in [-0.25, -0.2) is 4.98 Å². The molecule has 1 saturated heterocycles. The van der Waals surface area contributed by atoms with Crippen LogP contribution < -0.4 is 5.32 Å². The van der Waals surface area contributed by atoms with E-state index in [4.69, 9.17) is 0 Å². The molecule has 0 amide bonds. The van der Waals surface area contributed by atoms with Gasteiger partial charge in [0.15, 0.2) is 0 Å². The van der Waals surface area contributed by atoms with Gasteiger partial charge in [-0.3, -0.25) is 0 Å². The quantitative estimate of drug-likeness (QED) is 0.799. The van der Waals surface area contributed by atoms with Crippen LogP contribution in [0.3, 0.4) is 0 Å². The van der Waals surface area contributed by atoms with E-state index in [0.29, 0.717) is 6.04 Å². The van der Waals surface area contributed by atoms with Crippen molar-refractivity contribution in [3.63, 3.8) is 0 Å². The summed E-state index contributed by atoms with van der Waals surface area (Å²) in [5, 5.41) is 3.61. The first kappa shape index (κ1) is 10.5. The molecule has 0 bridgehead atoms. The standard InChI is InChI=1S/C13H15BrN2/c14-12-5-4-10(8-16-12)11-3-1-2-9-6-7-15-13(9)11/h3-5,8-9,13,15H,1-2,6-7H2/t9-,13+/m0/s1. The molecule has 1 aromatic heterocycles. The zero-order chi connectivity index (χ0) is 11.0. The number of hydrogen-bond donors (Lipinski definition) is 1. The van der Waals surface area contributed by atoms with E-state index in [2.05, 4.69) is 38.4 Å². The predicted octanol–water partition coefficient (Wildman–Crippen LogP) is 3.00. The summed E-state index contributed by atoms with van der Waals surface area (Å²) in [7, 11) is 0. The number of nitrogens with zero attached hydrogens (tertiary/aromatic N) is 1. The monoisotopic (exact) mass is 278 g/mol. The summed E-state index contributed by atoms with van der Waals surface area (Å²) in [5.41, 5.74) is 2.72. The lowest BCUT2D eigenvalue weighted by Gasteiger charge is -2.26. The molecule has 1 N–H and O–H groups in total. The van der Waals surface area contributed by atoms with Gasteiger partial charge in [0.1, 0.15) is 4.60 Å². The minimum absolute atomic E-state index is 0.566. The number of aromatic nitrogens is 1. The Morgan fingerprint density at radius 2 is 2.25 bits per heavy atom. The summed E-state index contributed by atoms with van der Waals surface area (Å²) >= 11 is 3.38. The molecular formula is C13H15BrN2. The van der Waals surface area contributed by atoms with Gasteiger partial charge in [0.05, 0.1) is 0 Å². The van der Waals surface area contributed by atoms with Crippen molar-refractivity contribution in [1.82, 2.24) is 10.3 Å². The van der Waals surface area contributed by atoms with Crippen LogP contribution in [0.25, 0.3) is 5.57 Å². The Kier molecular flexibility index (Phi) is 2.82. The Balaban J connectivity index is 1.93. The Hall–Kier alpha value is -0.670. The van der Waals surface area contributed by atoms with Crippen molar-refractivity contribution in [2.24, 2.45) is 5.92 Å². The molecule has 1 aliphatic carbocycles. The highest BCUT2D eigenvalue weighted by atomic mass is 79.9. The molecular weight excluding hydrogens is 264 g/mol. The van der Waals surface area contributed by atoms with E-state index < -0.39 is 0 Å². The minimum atomic E-state index is 0.566. The third-order valence-corrected chi connectivity index (χ3v) is 4.12. The first-order valence-corrected chi connectivity index (χ1v) is 6.69. The van der Waals surface area contributed by atoms with Crippen molar-refractivity contribution in [1.29, 1.82) is 0 Å². The predicted molar refractivity (Wildman–Crippen MR) is 69.0 cm³/mol. The van der Waals surface area contributed by atoms with Gasteiger partial charge in [-0.2, -0.15) is 0 Å². The number of fused-ring (bicyclic) bond motifs is 1. The lowest BCUT2D eigenvalue weighted by Crippen LogP contribution is -2.30. The van der Waals surface area contributed by atoms with Gasteiger partial charge in [-0.05, 0) is 64.9 Å². The maximum Gasteiger partial charge on any atom is 0.106 e. The fraction of sp³-hybridized carbons (Fsp3) is 0.462. The third-order valence-electron chi connectivity index (χ3n) is 3.65. The molecule has 3 rings (SSSR count). The number of nitrogens with one attached hydrogen (secondary N) is 1. The normalized spacial score (nSPS) is 28.7. The van der Waals surface area contributed by atoms with Crippen LogP contribution in [0.15, 0.2) is 29.0 Å². The maximum absolute atomic E-state index is 4.32. The van der Waals surface area contributed by atoms with Crippen LogP contribution in [0.1, 0.15) is 24.8 Å². The molecule has 3 heteroatoms. The average Bonchev–Trinajstić information content (AvgIpc) is 2.78. The van der Waals surface area contributed by atoms with Crippen molar-refractivity contribution in [3.05, 3.63) is 34.6 Å². The average molecular weight is 279 g/mol. The molecule has 0 aromatic carbocycles. The summed E-state index contributed by atoms with van der Waals surface area (Å²) in [4.78, 5) is 4.32. The topological polar surface area (TPSA) is 24.9 Å². The first-order valence-electron chi connectivity index (χ1n) is 5.90. The Bertz CT molecular complexity index is 410. The minimum Gasteiger partial charge on any atom is -0.310 e. The van der Waals surface area contributed by atoms with E-state index in [-0.39, 0.29) is 0 Å². The Morgan fingerprint density at radius 3 is 3.06 bits per heavy atom. The van der Waals surface area contributed by atoms with Crippen molar-refractivity contribution >= 4 is 21.5 Å². The van der Waals surface area contributed by atoms with E-state index in [9.17, 15) is 0 Å². The lowest BCUT2D eigenvalue weighted by molar-refractivity contribution is 0.470. The number of allylic oxidation sites excluding steroid dienone is 1. The molecule has 1 aromatic rings. The van der Waals surface area contributed by atoms with Crippen LogP contribution in [0, 0.1) is 5.92 Å². The fourth-order valence-electron chi connectivity index (χ4n) is 2.86. The number of halogens is 1. The van der Waals surface area contributed by atoms with E-state index in [1.54, 1.807) is 0 Å².